The zero-order valence-electron chi connectivity index (χ0n) is 63.4. The van der Waals surface area contributed by atoms with Crippen LogP contribution in [0.4, 0.5) is 0 Å². The highest BCUT2D eigenvalue weighted by Crippen LogP contribution is 2.48. The van der Waals surface area contributed by atoms with Gasteiger partial charge in [-0.1, -0.05) is 358 Å². The van der Waals surface area contributed by atoms with Crippen LogP contribution < -0.4 is 0 Å². The van der Waals surface area contributed by atoms with Crippen molar-refractivity contribution in [2.24, 2.45) is 0 Å². The fraction of sp³-hybridized carbons (Fsp3) is 0. The summed E-state index contributed by atoms with van der Waals surface area (Å²) in [5, 5.41) is 19.8. The smallest absolute Gasteiger partial charge is 0.0723 e. The monoisotopic (exact) mass is 1470 g/mol. The predicted molar refractivity (Wildman–Crippen MR) is 491 cm³/mol. The molecular weight excluding hydrogens is 1400 g/mol. The Morgan fingerprint density at radius 3 is 1.00 bits per heavy atom. The summed E-state index contributed by atoms with van der Waals surface area (Å²) in [7, 11) is 0. The maximum Gasteiger partial charge on any atom is 0.0723 e. The summed E-state index contributed by atoms with van der Waals surface area (Å²) in [6.07, 6.45) is 4.12. The van der Waals surface area contributed by atoms with Gasteiger partial charge in [0.25, 0.3) is 0 Å². The number of benzene rings is 19. The summed E-state index contributed by atoms with van der Waals surface area (Å²) < 4.78 is 4.80. The van der Waals surface area contributed by atoms with Crippen LogP contribution in [0, 0.1) is 0 Å². The molecule has 0 unspecified atom stereocenters. The lowest BCUT2D eigenvalue weighted by atomic mass is 9.86. The first kappa shape index (κ1) is 67.5. The van der Waals surface area contributed by atoms with Gasteiger partial charge in [0.15, 0.2) is 0 Å². The van der Waals surface area contributed by atoms with Gasteiger partial charge in [0.05, 0.1) is 33.5 Å². The van der Waals surface area contributed by atoms with Gasteiger partial charge in [-0.05, 0) is 198 Å². The van der Waals surface area contributed by atoms with Crippen molar-refractivity contribution < 1.29 is 0 Å². The molecule has 0 saturated carbocycles. The number of fused-ring (bicyclic) bond motifs is 13. The molecule has 0 aliphatic rings. The van der Waals surface area contributed by atoms with E-state index < -0.39 is 0 Å². The lowest BCUT2D eigenvalue weighted by molar-refractivity contribution is 1.18. The zero-order chi connectivity index (χ0) is 76.6. The van der Waals surface area contributed by atoms with Gasteiger partial charge in [-0.25, -0.2) is 0 Å². The summed E-state index contributed by atoms with van der Waals surface area (Å²) in [5.74, 6) is 0. The van der Waals surface area contributed by atoms with Crippen LogP contribution in [0.25, 0.3) is 220 Å². The van der Waals surface area contributed by atoms with Gasteiger partial charge in [-0.3, -0.25) is 9.97 Å². The van der Waals surface area contributed by atoms with Crippen LogP contribution in [0.5, 0.6) is 0 Å². The van der Waals surface area contributed by atoms with Crippen molar-refractivity contribution in [2.75, 3.05) is 0 Å². The highest BCUT2D eigenvalue weighted by molar-refractivity contribution is 6.25. The van der Waals surface area contributed by atoms with Gasteiger partial charge in [-0.15, -0.1) is 0 Å². The van der Waals surface area contributed by atoms with Crippen LogP contribution in [-0.4, -0.2) is 19.1 Å². The van der Waals surface area contributed by atoms with E-state index in [1.54, 1.807) is 0 Å². The Bertz CT molecular complexity index is 7610. The predicted octanol–water partition coefficient (Wildman–Crippen LogP) is 30.3. The normalized spacial score (nSPS) is 11.6. The quantitative estimate of drug-likeness (QED) is 0.121. The lowest BCUT2D eigenvalue weighted by Gasteiger charge is -2.18. The van der Waals surface area contributed by atoms with Gasteiger partial charge in [-0.2, -0.15) is 0 Å². The molecule has 4 heteroatoms. The zero-order valence-corrected chi connectivity index (χ0v) is 63.4. The fourth-order valence-electron chi connectivity index (χ4n) is 18.3. The summed E-state index contributed by atoms with van der Waals surface area (Å²) in [6.45, 7) is 0. The van der Waals surface area contributed by atoms with Crippen LogP contribution in [0.3, 0.4) is 0 Å². The van der Waals surface area contributed by atoms with Crippen molar-refractivity contribution >= 4 is 108 Å². The fourth-order valence-corrected chi connectivity index (χ4v) is 18.3. The third kappa shape index (κ3) is 11.6. The van der Waals surface area contributed by atoms with Crippen LogP contribution >= 0.6 is 0 Å². The molecule has 0 radical (unpaired) electrons. The molecule has 0 fully saturated rings. The molecule has 0 aliphatic heterocycles. The number of pyridine rings is 2. The van der Waals surface area contributed by atoms with Crippen molar-refractivity contribution in [1.29, 1.82) is 0 Å². The number of para-hydroxylation sites is 3. The van der Waals surface area contributed by atoms with Crippen LogP contribution in [0.2, 0.25) is 0 Å². The van der Waals surface area contributed by atoms with Crippen molar-refractivity contribution in [3.63, 3.8) is 0 Å². The molecule has 0 N–H and O–H groups in total. The number of nitrogens with zero attached hydrogens (tertiary/aromatic N) is 4. The Morgan fingerprint density at radius 1 is 0.172 bits per heavy atom. The van der Waals surface area contributed by atoms with E-state index in [-0.39, 0.29) is 0 Å². The summed E-state index contributed by atoms with van der Waals surface area (Å²) in [4.78, 5) is 10.4. The molecule has 0 saturated heterocycles. The minimum absolute atomic E-state index is 0.947. The molecule has 0 atom stereocenters. The largest absolute Gasteiger partial charge is 0.309 e. The second-order valence-corrected chi connectivity index (χ2v) is 30.2. The average molecular weight is 1470 g/mol. The second kappa shape index (κ2) is 28.4. The van der Waals surface area contributed by atoms with Gasteiger partial charge in [0.2, 0.25) is 0 Å². The molecule has 23 aromatic rings. The molecular formula is C112H72N4. The van der Waals surface area contributed by atoms with Crippen molar-refractivity contribution in [2.45, 2.75) is 0 Å². The van der Waals surface area contributed by atoms with E-state index in [2.05, 4.69) is 440 Å². The van der Waals surface area contributed by atoms with Gasteiger partial charge < -0.3 is 9.13 Å². The Labute approximate surface area is 671 Å². The van der Waals surface area contributed by atoms with Crippen molar-refractivity contribution in [1.82, 2.24) is 19.1 Å². The SMILES string of the molecule is c1ccc(-c2ccc(-c3c4ccccc4c(-c4ccc(-c5ccc(-c6ccc7c(c6)c6cc8ccccc8cc6n7-c6ccccc6)cc5)nc4)c4ccccc34)cc2)cc1.c1ccc(-c2ccc(-c3c4ccccc4c(-c4ccc(-c5cccc6c7c8ccccc8ccc7n(-c7ccccc7)c56)nc4)c4ccccc34)cc2)cc1. The minimum Gasteiger partial charge on any atom is -0.309 e. The molecule has 4 aromatic heterocycles. The first-order valence-corrected chi connectivity index (χ1v) is 39.8. The summed E-state index contributed by atoms with van der Waals surface area (Å²) >= 11 is 0. The maximum atomic E-state index is 5.26. The number of rotatable bonds is 11. The average Bonchev–Trinajstić information content (AvgIpc) is 1.65. The van der Waals surface area contributed by atoms with Crippen LogP contribution in [0.1, 0.15) is 0 Å². The Kier molecular flexibility index (Phi) is 16.6. The molecule has 116 heavy (non-hydrogen) atoms. The van der Waals surface area contributed by atoms with E-state index in [9.17, 15) is 0 Å². The number of hydrogen-bond acceptors (Lipinski definition) is 2. The van der Waals surface area contributed by atoms with Crippen LogP contribution in [-0.2, 0) is 0 Å². The maximum absolute atomic E-state index is 5.26. The Hall–Kier alpha value is -15.4. The number of hydrogen-bond donors (Lipinski definition) is 0. The molecule has 19 aromatic carbocycles. The topological polar surface area (TPSA) is 35.6 Å². The van der Waals surface area contributed by atoms with E-state index in [1.807, 2.05) is 6.20 Å². The third-order valence-electron chi connectivity index (χ3n) is 23.7. The molecule has 23 rings (SSSR count). The van der Waals surface area contributed by atoms with Gasteiger partial charge in [0.1, 0.15) is 0 Å². The highest BCUT2D eigenvalue weighted by Gasteiger charge is 2.24. The first-order chi connectivity index (χ1) is 57.6. The standard InChI is InChI=1S/C59H38N2.C53H34N2/c1-3-13-39(14-4-1)40-25-29-43(30-26-40)58-49-19-9-11-21-51(49)59(52-22-12-10-20-50(52)58)47-31-33-55(60-38-47)42-27-23-41(24-28-42)46-32-34-56-53(36-46)54-35-44-15-7-8-16-45(44)37-57(54)61(56)48-17-5-2-6-18-48;1-3-14-35(15-4-1)36-26-28-38(29-27-36)50-42-20-9-11-22-44(42)51(45-23-12-10-21-43(45)50)39-30-32-48(54-34-39)46-24-13-25-47-52-41-19-8-7-16-37(41)31-33-49(52)55(53(46)47)40-17-5-2-6-18-40/h1-38H;1-34H. The van der Waals surface area contributed by atoms with Gasteiger partial charge >= 0.3 is 0 Å². The van der Waals surface area contributed by atoms with Crippen molar-refractivity contribution in [3.05, 3.63) is 437 Å². The molecule has 0 aliphatic carbocycles. The second-order valence-electron chi connectivity index (χ2n) is 30.2. The molecule has 0 spiro atoms. The molecule has 4 heterocycles. The molecule has 0 bridgehead atoms. The molecule has 540 valence electrons. The van der Waals surface area contributed by atoms with E-state index in [0.717, 1.165) is 45.0 Å². The van der Waals surface area contributed by atoms with Crippen LogP contribution in [0.15, 0.2) is 437 Å². The third-order valence-corrected chi connectivity index (χ3v) is 23.7. The molecule has 4 nitrogen and oxygen atoms in total. The van der Waals surface area contributed by atoms with E-state index in [1.165, 1.54) is 175 Å². The van der Waals surface area contributed by atoms with Gasteiger partial charge in [0, 0.05) is 67.6 Å². The highest BCUT2D eigenvalue weighted by atomic mass is 15.0. The van der Waals surface area contributed by atoms with E-state index in [4.69, 9.17) is 9.97 Å². The Balaban J connectivity index is 0.000000141. The van der Waals surface area contributed by atoms with Crippen molar-refractivity contribution in [3.8, 4) is 112 Å². The first-order valence-electron chi connectivity index (χ1n) is 39.8. The van der Waals surface area contributed by atoms with E-state index in [0.29, 0.717) is 0 Å². The summed E-state index contributed by atoms with van der Waals surface area (Å²) in [5.41, 5.74) is 28.0. The Morgan fingerprint density at radius 2 is 0.517 bits per heavy atom. The lowest BCUT2D eigenvalue weighted by Crippen LogP contribution is -1.96. The number of aromatic nitrogens is 4. The minimum atomic E-state index is 0.947. The van der Waals surface area contributed by atoms with E-state index >= 15 is 0 Å². The molecule has 0 amide bonds. The summed E-state index contributed by atoms with van der Waals surface area (Å²) in [6, 6.07) is 154.